The highest BCUT2D eigenvalue weighted by Crippen LogP contribution is 2.14. The van der Waals surface area contributed by atoms with E-state index in [-0.39, 0.29) is 16.4 Å². The van der Waals surface area contributed by atoms with Crippen molar-refractivity contribution in [3.63, 3.8) is 0 Å². The maximum atomic E-state index is 11.8. The first-order chi connectivity index (χ1) is 11.6. The molecule has 0 saturated carbocycles. The van der Waals surface area contributed by atoms with Crippen molar-refractivity contribution in [1.29, 1.82) is 0 Å². The molecule has 0 aromatic heterocycles. The van der Waals surface area contributed by atoms with Crippen LogP contribution in [0.5, 0.6) is 5.75 Å². The molecule has 0 aliphatic carbocycles. The van der Waals surface area contributed by atoms with E-state index in [1.54, 1.807) is 18.2 Å². The second-order valence-electron chi connectivity index (χ2n) is 4.66. The van der Waals surface area contributed by atoms with Gasteiger partial charge in [-0.05, 0) is 36.0 Å². The lowest BCUT2D eigenvalue weighted by molar-refractivity contribution is -0.115. The second-order valence-corrected chi connectivity index (χ2v) is 5.07. The number of rotatable bonds is 3. The fourth-order valence-corrected chi connectivity index (χ4v) is 1.92. The van der Waals surface area contributed by atoms with Gasteiger partial charge in [0.25, 0.3) is 5.91 Å². The van der Waals surface area contributed by atoms with E-state index in [1.807, 2.05) is 30.3 Å². The monoisotopic (exact) mass is 341 g/mol. The molecular weight excluding hydrogens is 326 g/mol. The van der Waals surface area contributed by atoms with Crippen LogP contribution in [0.3, 0.4) is 0 Å². The van der Waals surface area contributed by atoms with Gasteiger partial charge in [-0.15, -0.1) is 0 Å². The zero-order chi connectivity index (χ0) is 17.4. The number of nitrogens with one attached hydrogen (secondary N) is 3. The van der Waals surface area contributed by atoms with Crippen molar-refractivity contribution in [3.05, 3.63) is 71.8 Å². The average molecular weight is 341 g/mol. The lowest BCUT2D eigenvalue weighted by Gasteiger charge is -2.10. The molecule has 0 unspecified atom stereocenters. The third-order valence-corrected chi connectivity index (χ3v) is 3.11. The largest absolute Gasteiger partial charge is 0.507 e. The molecule has 4 N–H and O–H groups in total. The number of hydrazine groups is 1. The Morgan fingerprint density at radius 3 is 2.33 bits per heavy atom. The van der Waals surface area contributed by atoms with Gasteiger partial charge in [0.1, 0.15) is 5.75 Å². The first-order valence-electron chi connectivity index (χ1n) is 6.98. The van der Waals surface area contributed by atoms with Gasteiger partial charge in [-0.2, -0.15) is 0 Å². The summed E-state index contributed by atoms with van der Waals surface area (Å²) in [6.45, 7) is 0. The molecule has 2 aromatic rings. The molecule has 0 aliphatic rings. The first kappa shape index (κ1) is 17.2. The second kappa shape index (κ2) is 8.44. The van der Waals surface area contributed by atoms with Gasteiger partial charge in [0.15, 0.2) is 5.11 Å². The van der Waals surface area contributed by atoms with Gasteiger partial charge in [-0.3, -0.25) is 25.8 Å². The SMILES string of the molecule is O=C(C=Cc1ccccc1)NC(=S)NNC(=O)c1ccccc1O. The summed E-state index contributed by atoms with van der Waals surface area (Å²) < 4.78 is 0. The summed E-state index contributed by atoms with van der Waals surface area (Å²) in [5.41, 5.74) is 5.64. The number of phenolic OH excluding ortho intramolecular Hbond substituents is 1. The molecule has 0 heterocycles. The maximum Gasteiger partial charge on any atom is 0.273 e. The van der Waals surface area contributed by atoms with E-state index in [1.165, 1.54) is 18.2 Å². The minimum absolute atomic E-state index is 0.0681. The summed E-state index contributed by atoms with van der Waals surface area (Å²) in [5, 5.41) is 11.9. The van der Waals surface area contributed by atoms with Gasteiger partial charge < -0.3 is 5.11 Å². The third kappa shape index (κ3) is 5.22. The predicted octanol–water partition coefficient (Wildman–Crippen LogP) is 1.74. The summed E-state index contributed by atoms with van der Waals surface area (Å²) >= 11 is 4.91. The Hall–Kier alpha value is -3.19. The van der Waals surface area contributed by atoms with Crippen molar-refractivity contribution in [2.45, 2.75) is 0 Å². The summed E-state index contributed by atoms with van der Waals surface area (Å²) in [6.07, 6.45) is 2.96. The number of thiocarbonyl (C=S) groups is 1. The molecule has 2 amide bonds. The van der Waals surface area contributed by atoms with Crippen molar-refractivity contribution in [2.75, 3.05) is 0 Å². The molecule has 2 aromatic carbocycles. The smallest absolute Gasteiger partial charge is 0.273 e. The topological polar surface area (TPSA) is 90.5 Å². The summed E-state index contributed by atoms with van der Waals surface area (Å²) in [7, 11) is 0. The number of phenols is 1. The molecule has 122 valence electrons. The number of hydrogen-bond donors (Lipinski definition) is 4. The van der Waals surface area contributed by atoms with Crippen LogP contribution < -0.4 is 16.2 Å². The van der Waals surface area contributed by atoms with E-state index in [4.69, 9.17) is 12.2 Å². The predicted molar refractivity (Wildman–Crippen MR) is 94.9 cm³/mol. The average Bonchev–Trinajstić information content (AvgIpc) is 2.59. The van der Waals surface area contributed by atoms with E-state index in [0.717, 1.165) is 5.56 Å². The van der Waals surface area contributed by atoms with Crippen LogP contribution in [0.1, 0.15) is 15.9 Å². The van der Waals surface area contributed by atoms with Crippen molar-refractivity contribution in [2.24, 2.45) is 0 Å². The molecule has 0 aliphatic heterocycles. The van der Waals surface area contributed by atoms with E-state index in [9.17, 15) is 14.7 Å². The Morgan fingerprint density at radius 1 is 0.958 bits per heavy atom. The number of aromatic hydroxyl groups is 1. The lowest BCUT2D eigenvalue weighted by Crippen LogP contribution is -2.48. The Balaban J connectivity index is 1.81. The van der Waals surface area contributed by atoms with E-state index in [0.29, 0.717) is 0 Å². The first-order valence-corrected chi connectivity index (χ1v) is 7.39. The molecule has 0 fully saturated rings. The number of hydrogen-bond acceptors (Lipinski definition) is 4. The molecule has 0 atom stereocenters. The van der Waals surface area contributed by atoms with Gasteiger partial charge >= 0.3 is 0 Å². The van der Waals surface area contributed by atoms with E-state index in [2.05, 4.69) is 16.2 Å². The van der Waals surface area contributed by atoms with Crippen molar-refractivity contribution in [1.82, 2.24) is 16.2 Å². The molecule has 7 heteroatoms. The number of amides is 2. The molecule has 0 spiro atoms. The fourth-order valence-electron chi connectivity index (χ4n) is 1.77. The number of benzene rings is 2. The molecule has 6 nitrogen and oxygen atoms in total. The Morgan fingerprint density at radius 2 is 1.62 bits per heavy atom. The van der Waals surface area contributed by atoms with Gasteiger partial charge in [-0.1, -0.05) is 42.5 Å². The molecule has 2 rings (SSSR count). The van der Waals surface area contributed by atoms with E-state index < -0.39 is 11.8 Å². The van der Waals surface area contributed by atoms with Crippen LogP contribution in [0.2, 0.25) is 0 Å². The van der Waals surface area contributed by atoms with Crippen LogP contribution in [0, 0.1) is 0 Å². The minimum Gasteiger partial charge on any atom is -0.507 e. The van der Waals surface area contributed by atoms with Crippen molar-refractivity contribution < 1.29 is 14.7 Å². The van der Waals surface area contributed by atoms with Crippen LogP contribution in [0.15, 0.2) is 60.7 Å². The van der Waals surface area contributed by atoms with Crippen LogP contribution in [-0.4, -0.2) is 22.0 Å². The van der Waals surface area contributed by atoms with E-state index >= 15 is 0 Å². The standard InChI is InChI=1S/C17H15N3O3S/c21-14-9-5-4-8-13(14)16(23)19-20-17(24)18-15(22)11-10-12-6-2-1-3-7-12/h1-11,21H,(H,19,23)(H2,18,20,22,24). The Labute approximate surface area is 144 Å². The summed E-state index contributed by atoms with van der Waals surface area (Å²) in [5.74, 6) is -1.17. The number of para-hydroxylation sites is 1. The number of carbonyl (C=O) groups excluding carboxylic acids is 2. The highest BCUT2D eigenvalue weighted by molar-refractivity contribution is 7.80. The molecular formula is C17H15N3O3S. The number of carbonyl (C=O) groups is 2. The van der Waals surface area contributed by atoms with Crippen molar-refractivity contribution >= 4 is 35.2 Å². The van der Waals surface area contributed by atoms with Gasteiger partial charge in [0.2, 0.25) is 5.91 Å². The van der Waals surface area contributed by atoms with Crippen LogP contribution in [0.25, 0.3) is 6.08 Å². The summed E-state index contributed by atoms with van der Waals surface area (Å²) in [6, 6.07) is 15.4. The van der Waals surface area contributed by atoms with Gasteiger partial charge in [0, 0.05) is 6.08 Å². The molecule has 0 saturated heterocycles. The zero-order valence-electron chi connectivity index (χ0n) is 12.5. The highest BCUT2D eigenvalue weighted by Gasteiger charge is 2.10. The Bertz CT molecular complexity index is 776. The minimum atomic E-state index is -0.579. The van der Waals surface area contributed by atoms with Gasteiger partial charge in [-0.25, -0.2) is 0 Å². The third-order valence-electron chi connectivity index (χ3n) is 2.90. The van der Waals surface area contributed by atoms with Crippen LogP contribution >= 0.6 is 12.2 Å². The fraction of sp³-hybridized carbons (Fsp3) is 0. The maximum absolute atomic E-state index is 11.8. The summed E-state index contributed by atoms with van der Waals surface area (Å²) in [4.78, 5) is 23.6. The van der Waals surface area contributed by atoms with Crippen LogP contribution in [0.4, 0.5) is 0 Å². The molecule has 24 heavy (non-hydrogen) atoms. The molecule has 0 bridgehead atoms. The Kier molecular flexibility index (Phi) is 6.04. The zero-order valence-corrected chi connectivity index (χ0v) is 13.3. The highest BCUT2D eigenvalue weighted by atomic mass is 32.1. The van der Waals surface area contributed by atoms with Gasteiger partial charge in [0.05, 0.1) is 5.56 Å². The van der Waals surface area contributed by atoms with Crippen LogP contribution in [-0.2, 0) is 4.79 Å². The lowest BCUT2D eigenvalue weighted by atomic mass is 10.2. The quantitative estimate of drug-likeness (QED) is 0.388. The van der Waals surface area contributed by atoms with Crippen molar-refractivity contribution in [3.8, 4) is 5.75 Å². The normalized spacial score (nSPS) is 10.2. The molecule has 0 radical (unpaired) electrons.